The van der Waals surface area contributed by atoms with Gasteiger partial charge in [0.05, 0.1) is 5.56 Å². The van der Waals surface area contributed by atoms with E-state index in [1.54, 1.807) is 41.5 Å². The van der Waals surface area contributed by atoms with Gasteiger partial charge in [-0.2, -0.15) is 4.31 Å². The highest BCUT2D eigenvalue weighted by molar-refractivity contribution is 7.89. The molecule has 0 aliphatic carbocycles. The summed E-state index contributed by atoms with van der Waals surface area (Å²) in [6.45, 7) is 4.22. The van der Waals surface area contributed by atoms with Crippen molar-refractivity contribution in [3.63, 3.8) is 0 Å². The van der Waals surface area contributed by atoms with Crippen LogP contribution in [0.1, 0.15) is 21.8 Å². The van der Waals surface area contributed by atoms with E-state index in [1.165, 1.54) is 10.6 Å². The summed E-state index contributed by atoms with van der Waals surface area (Å²) in [7, 11) is -3.70. The number of hydrogen-bond donors (Lipinski definition) is 0. The van der Waals surface area contributed by atoms with Crippen molar-refractivity contribution in [1.82, 2.24) is 29.0 Å². The number of rotatable bonds is 3. The third kappa shape index (κ3) is 2.98. The van der Waals surface area contributed by atoms with Gasteiger partial charge in [-0.1, -0.05) is 5.16 Å². The van der Waals surface area contributed by atoms with Crippen molar-refractivity contribution in [3.8, 4) is 0 Å². The molecule has 0 N–H and O–H groups in total. The van der Waals surface area contributed by atoms with E-state index in [1.807, 2.05) is 0 Å². The number of carbonyl (C=O) groups excluding carboxylic acids is 1. The number of pyridine rings is 1. The van der Waals surface area contributed by atoms with Crippen LogP contribution in [0.25, 0.3) is 5.65 Å². The maximum atomic E-state index is 12.9. The summed E-state index contributed by atoms with van der Waals surface area (Å²) in [6, 6.07) is 3.41. The fraction of sp³-hybridized carbons (Fsp3) is 0.375. The number of nitrogens with zero attached hydrogens (tertiary/aromatic N) is 6. The lowest BCUT2D eigenvalue weighted by Crippen LogP contribution is -2.50. The molecule has 0 spiro atoms. The topological polar surface area (TPSA) is 114 Å². The Kier molecular flexibility index (Phi) is 4.19. The van der Waals surface area contributed by atoms with Gasteiger partial charge in [-0.15, -0.1) is 10.2 Å². The minimum absolute atomic E-state index is 0.111. The number of fused-ring (bicyclic) bond motifs is 1. The molecule has 27 heavy (non-hydrogen) atoms. The second-order valence-electron chi connectivity index (χ2n) is 6.36. The zero-order chi connectivity index (χ0) is 19.2. The van der Waals surface area contributed by atoms with Crippen LogP contribution in [0, 0.1) is 13.8 Å². The van der Waals surface area contributed by atoms with Gasteiger partial charge < -0.3 is 9.42 Å². The Balaban J connectivity index is 1.49. The quantitative estimate of drug-likeness (QED) is 0.639. The molecule has 1 aliphatic rings. The van der Waals surface area contributed by atoms with Crippen LogP contribution in [0.4, 0.5) is 0 Å². The smallest absolute Gasteiger partial charge is 0.255 e. The molecule has 1 saturated heterocycles. The van der Waals surface area contributed by atoms with Crippen LogP contribution in [0.3, 0.4) is 0 Å². The highest BCUT2D eigenvalue weighted by Crippen LogP contribution is 2.24. The normalized spacial score (nSPS) is 16.1. The molecular formula is C16H18N6O4S. The van der Waals surface area contributed by atoms with Crippen molar-refractivity contribution in [2.45, 2.75) is 18.7 Å². The molecule has 142 valence electrons. The summed E-state index contributed by atoms with van der Waals surface area (Å²) in [5.41, 5.74) is 1.50. The molecule has 1 fully saturated rings. The van der Waals surface area contributed by atoms with Crippen molar-refractivity contribution in [2.75, 3.05) is 26.2 Å². The third-order valence-electron chi connectivity index (χ3n) is 4.63. The largest absolute Gasteiger partial charge is 0.360 e. The van der Waals surface area contributed by atoms with Gasteiger partial charge in [0.25, 0.3) is 5.91 Å². The summed E-state index contributed by atoms with van der Waals surface area (Å²) >= 11 is 0. The number of aromatic nitrogens is 4. The predicted octanol–water partition coefficient (Wildman–Crippen LogP) is 0.481. The van der Waals surface area contributed by atoms with Gasteiger partial charge in [0.15, 0.2) is 11.4 Å². The lowest BCUT2D eigenvalue weighted by Gasteiger charge is -2.33. The molecule has 0 saturated carbocycles. The van der Waals surface area contributed by atoms with Gasteiger partial charge in [-0.05, 0) is 26.0 Å². The first-order valence-corrected chi connectivity index (χ1v) is 9.83. The zero-order valence-electron chi connectivity index (χ0n) is 14.9. The average Bonchev–Trinajstić information content (AvgIpc) is 3.26. The van der Waals surface area contributed by atoms with Crippen molar-refractivity contribution < 1.29 is 17.7 Å². The Bertz CT molecular complexity index is 1090. The van der Waals surface area contributed by atoms with Crippen LogP contribution < -0.4 is 0 Å². The molecule has 11 heteroatoms. The van der Waals surface area contributed by atoms with Gasteiger partial charge in [-0.25, -0.2) is 8.42 Å². The fourth-order valence-electron chi connectivity index (χ4n) is 3.24. The highest BCUT2D eigenvalue weighted by atomic mass is 32.2. The van der Waals surface area contributed by atoms with Gasteiger partial charge in [0, 0.05) is 32.4 Å². The Labute approximate surface area is 155 Å². The van der Waals surface area contributed by atoms with E-state index >= 15 is 0 Å². The fourth-order valence-corrected chi connectivity index (χ4v) is 4.95. The molecule has 10 nitrogen and oxygen atoms in total. The summed E-state index contributed by atoms with van der Waals surface area (Å²) in [5, 5.41) is 11.4. The maximum absolute atomic E-state index is 12.9. The minimum atomic E-state index is -3.70. The summed E-state index contributed by atoms with van der Waals surface area (Å²) in [6.07, 6.45) is 3.20. The molecule has 0 atom stereocenters. The first-order valence-electron chi connectivity index (χ1n) is 8.39. The molecule has 3 aromatic rings. The molecule has 1 aliphatic heterocycles. The number of aryl methyl sites for hydroxylation is 2. The first-order chi connectivity index (χ1) is 12.9. The Hall–Kier alpha value is -2.79. The monoisotopic (exact) mass is 390 g/mol. The first kappa shape index (κ1) is 17.6. The molecule has 0 bridgehead atoms. The Morgan fingerprint density at radius 1 is 1.15 bits per heavy atom. The zero-order valence-corrected chi connectivity index (χ0v) is 15.7. The van der Waals surface area contributed by atoms with E-state index in [0.717, 1.165) is 0 Å². The van der Waals surface area contributed by atoms with Crippen LogP contribution >= 0.6 is 0 Å². The Morgan fingerprint density at radius 3 is 2.56 bits per heavy atom. The lowest BCUT2D eigenvalue weighted by atomic mass is 10.2. The number of hydrogen-bond acceptors (Lipinski definition) is 7. The standard InChI is InChI=1S/C16H18N6O4S/c1-11-15(12(2)26-19-11)27(24,25)22-7-5-20(6-8-22)16(23)13-3-4-14-18-17-10-21(14)9-13/h3-4,9-10H,5-8H2,1-2H3. The van der Waals surface area contributed by atoms with Crippen LogP contribution in [0.2, 0.25) is 0 Å². The van der Waals surface area contributed by atoms with Crippen molar-refractivity contribution in [3.05, 3.63) is 41.7 Å². The van der Waals surface area contributed by atoms with E-state index < -0.39 is 10.0 Å². The number of carbonyl (C=O) groups is 1. The molecule has 4 heterocycles. The van der Waals surface area contributed by atoms with Crippen LogP contribution in [0.5, 0.6) is 0 Å². The van der Waals surface area contributed by atoms with E-state index in [0.29, 0.717) is 30.0 Å². The van der Waals surface area contributed by atoms with Gasteiger partial charge in [0.2, 0.25) is 10.0 Å². The van der Waals surface area contributed by atoms with Crippen molar-refractivity contribution >= 4 is 21.6 Å². The molecule has 4 rings (SSSR count). The molecule has 1 amide bonds. The maximum Gasteiger partial charge on any atom is 0.255 e. The average molecular weight is 390 g/mol. The van der Waals surface area contributed by atoms with Crippen molar-refractivity contribution in [2.24, 2.45) is 0 Å². The molecule has 0 aromatic carbocycles. The summed E-state index contributed by atoms with van der Waals surface area (Å²) < 4.78 is 33.7. The second kappa shape index (κ2) is 6.43. The van der Waals surface area contributed by atoms with Gasteiger partial charge >= 0.3 is 0 Å². The predicted molar refractivity (Wildman–Crippen MR) is 93.6 cm³/mol. The van der Waals surface area contributed by atoms with E-state index in [9.17, 15) is 13.2 Å². The van der Waals surface area contributed by atoms with Crippen LogP contribution in [0.15, 0.2) is 34.1 Å². The van der Waals surface area contributed by atoms with Crippen LogP contribution in [-0.2, 0) is 10.0 Å². The van der Waals surface area contributed by atoms with E-state index in [2.05, 4.69) is 15.4 Å². The van der Waals surface area contributed by atoms with Crippen molar-refractivity contribution in [1.29, 1.82) is 0 Å². The SMILES string of the molecule is Cc1noc(C)c1S(=O)(=O)N1CCN(C(=O)c2ccc3nncn3c2)CC1. The summed E-state index contributed by atoms with van der Waals surface area (Å²) in [5.74, 6) is 0.119. The minimum Gasteiger partial charge on any atom is -0.360 e. The molecule has 0 unspecified atom stereocenters. The number of amides is 1. The number of sulfonamides is 1. The molecular weight excluding hydrogens is 372 g/mol. The van der Waals surface area contributed by atoms with E-state index in [4.69, 9.17) is 4.52 Å². The lowest BCUT2D eigenvalue weighted by molar-refractivity contribution is 0.0697. The number of piperazine rings is 1. The Morgan fingerprint density at radius 2 is 1.89 bits per heavy atom. The molecule has 0 radical (unpaired) electrons. The van der Waals surface area contributed by atoms with Gasteiger partial charge in [-0.3, -0.25) is 9.20 Å². The highest BCUT2D eigenvalue weighted by Gasteiger charge is 2.34. The summed E-state index contributed by atoms with van der Waals surface area (Å²) in [4.78, 5) is 14.5. The third-order valence-corrected chi connectivity index (χ3v) is 6.77. The van der Waals surface area contributed by atoms with Gasteiger partial charge in [0.1, 0.15) is 16.9 Å². The van der Waals surface area contributed by atoms with E-state index in [-0.39, 0.29) is 29.7 Å². The molecule has 3 aromatic heterocycles. The second-order valence-corrected chi connectivity index (χ2v) is 8.24. The van der Waals surface area contributed by atoms with Crippen LogP contribution in [-0.4, -0.2) is 69.5 Å².